The fourth-order valence-corrected chi connectivity index (χ4v) is 3.92. The van der Waals surface area contributed by atoms with E-state index in [-0.39, 0.29) is 35.9 Å². The fourth-order valence-electron chi connectivity index (χ4n) is 3.92. The van der Waals surface area contributed by atoms with Crippen molar-refractivity contribution < 1.29 is 14.6 Å². The molecule has 0 aromatic heterocycles. The van der Waals surface area contributed by atoms with Crippen LogP contribution in [0.2, 0.25) is 0 Å². The Bertz CT molecular complexity index is 401. The summed E-state index contributed by atoms with van der Waals surface area (Å²) in [5.74, 6) is 0.413. The molecule has 0 spiro atoms. The van der Waals surface area contributed by atoms with E-state index in [1.807, 2.05) is 25.8 Å². The van der Waals surface area contributed by atoms with Crippen molar-refractivity contribution in [3.05, 3.63) is 0 Å². The lowest BCUT2D eigenvalue weighted by molar-refractivity contribution is -0.0693. The molecule has 1 saturated heterocycles. The van der Waals surface area contributed by atoms with Gasteiger partial charge in [-0.15, -0.1) is 0 Å². The highest BCUT2D eigenvalue weighted by atomic mass is 16.5. The van der Waals surface area contributed by atoms with Crippen LogP contribution in [-0.4, -0.2) is 53.0 Å². The van der Waals surface area contributed by atoms with Crippen molar-refractivity contribution in [1.29, 1.82) is 0 Å². The molecular formula is C17H32N2O3. The van der Waals surface area contributed by atoms with Crippen LogP contribution in [0.25, 0.3) is 0 Å². The highest BCUT2D eigenvalue weighted by Gasteiger charge is 2.46. The highest BCUT2D eigenvalue weighted by Crippen LogP contribution is 2.37. The molecule has 2 aliphatic rings. The van der Waals surface area contributed by atoms with Crippen molar-refractivity contribution in [1.82, 2.24) is 10.2 Å². The molecule has 2 rings (SSSR count). The summed E-state index contributed by atoms with van der Waals surface area (Å²) in [6.45, 7) is 8.49. The van der Waals surface area contributed by atoms with Crippen molar-refractivity contribution in [2.24, 2.45) is 5.92 Å². The van der Waals surface area contributed by atoms with E-state index in [2.05, 4.69) is 19.2 Å². The number of carbonyl (C=O) groups is 1. The molecule has 5 heteroatoms. The molecule has 1 atom stereocenters. The Hall–Kier alpha value is -0.810. The molecule has 2 N–H and O–H groups in total. The van der Waals surface area contributed by atoms with E-state index >= 15 is 0 Å². The number of nitrogens with zero attached hydrogens (tertiary/aromatic N) is 1. The molecule has 0 aromatic rings. The third-order valence-corrected chi connectivity index (χ3v) is 5.31. The number of amides is 2. The van der Waals surface area contributed by atoms with Gasteiger partial charge < -0.3 is 20.1 Å². The Morgan fingerprint density at radius 2 is 1.82 bits per heavy atom. The summed E-state index contributed by atoms with van der Waals surface area (Å²) in [6, 6.07) is 0.305. The molecule has 1 heterocycles. The minimum Gasteiger partial charge on any atom is -0.396 e. The minimum atomic E-state index is -0.339. The van der Waals surface area contributed by atoms with E-state index in [0.717, 1.165) is 32.1 Å². The van der Waals surface area contributed by atoms with Gasteiger partial charge in [-0.3, -0.25) is 0 Å². The second kappa shape index (κ2) is 6.36. The van der Waals surface area contributed by atoms with Gasteiger partial charge >= 0.3 is 6.03 Å². The first-order valence-corrected chi connectivity index (χ1v) is 8.49. The molecule has 1 aliphatic carbocycles. The van der Waals surface area contributed by atoms with Gasteiger partial charge in [-0.05, 0) is 65.7 Å². The maximum absolute atomic E-state index is 12.6. The first-order chi connectivity index (χ1) is 10.1. The van der Waals surface area contributed by atoms with Crippen molar-refractivity contribution in [3.8, 4) is 0 Å². The lowest BCUT2D eigenvalue weighted by Gasteiger charge is -2.36. The van der Waals surface area contributed by atoms with E-state index in [0.29, 0.717) is 5.92 Å². The number of hydrogen-bond donors (Lipinski definition) is 2. The molecule has 0 radical (unpaired) electrons. The SMILES string of the molecule is CN(C(=O)NC1CC(C)(C)OC1(C)C)C1CCC(CO)CC1. The van der Waals surface area contributed by atoms with Crippen LogP contribution in [0.15, 0.2) is 0 Å². The Kier molecular flexibility index (Phi) is 5.07. The largest absolute Gasteiger partial charge is 0.396 e. The van der Waals surface area contributed by atoms with Crippen LogP contribution in [0.4, 0.5) is 4.79 Å². The number of carbonyl (C=O) groups excluding carboxylic acids is 1. The van der Waals surface area contributed by atoms with Crippen LogP contribution < -0.4 is 5.32 Å². The summed E-state index contributed by atoms with van der Waals surface area (Å²) in [5, 5.41) is 12.4. The topological polar surface area (TPSA) is 61.8 Å². The van der Waals surface area contributed by atoms with Crippen molar-refractivity contribution in [3.63, 3.8) is 0 Å². The van der Waals surface area contributed by atoms with Crippen LogP contribution in [0.1, 0.15) is 59.8 Å². The zero-order valence-electron chi connectivity index (χ0n) is 14.7. The Labute approximate surface area is 134 Å². The molecule has 128 valence electrons. The van der Waals surface area contributed by atoms with Crippen molar-refractivity contribution >= 4 is 6.03 Å². The molecule has 2 fully saturated rings. The first-order valence-electron chi connectivity index (χ1n) is 8.49. The summed E-state index contributed by atoms with van der Waals surface area (Å²) in [5.41, 5.74) is -0.534. The normalized spacial score (nSPS) is 33.5. The van der Waals surface area contributed by atoms with Gasteiger partial charge in [0.05, 0.1) is 17.2 Å². The van der Waals surface area contributed by atoms with Crippen LogP contribution >= 0.6 is 0 Å². The third kappa shape index (κ3) is 3.93. The first kappa shape index (κ1) is 17.5. The number of aliphatic hydroxyl groups is 1. The summed E-state index contributed by atoms with van der Waals surface area (Å²) in [7, 11) is 1.88. The third-order valence-electron chi connectivity index (χ3n) is 5.31. The number of urea groups is 1. The van der Waals surface area contributed by atoms with Gasteiger partial charge in [0.1, 0.15) is 0 Å². The lowest BCUT2D eigenvalue weighted by Crippen LogP contribution is -2.52. The number of ether oxygens (including phenoxy) is 1. The maximum Gasteiger partial charge on any atom is 0.317 e. The van der Waals surface area contributed by atoms with Gasteiger partial charge in [-0.2, -0.15) is 0 Å². The molecule has 0 aromatic carbocycles. The number of rotatable bonds is 3. The van der Waals surface area contributed by atoms with E-state index in [9.17, 15) is 9.90 Å². The van der Waals surface area contributed by atoms with Gasteiger partial charge in [0.15, 0.2) is 0 Å². The maximum atomic E-state index is 12.6. The molecule has 22 heavy (non-hydrogen) atoms. The van der Waals surface area contributed by atoms with Gasteiger partial charge in [-0.25, -0.2) is 4.79 Å². The summed E-state index contributed by atoms with van der Waals surface area (Å²) in [4.78, 5) is 14.4. The number of nitrogens with one attached hydrogen (secondary N) is 1. The van der Waals surface area contributed by atoms with Gasteiger partial charge in [0.25, 0.3) is 0 Å². The second-order valence-electron chi connectivity index (χ2n) is 8.14. The second-order valence-corrected chi connectivity index (χ2v) is 8.14. The van der Waals surface area contributed by atoms with Gasteiger partial charge in [-0.1, -0.05) is 0 Å². The van der Waals surface area contributed by atoms with Crippen LogP contribution in [-0.2, 0) is 4.74 Å². The monoisotopic (exact) mass is 312 g/mol. The Morgan fingerprint density at radius 3 is 2.27 bits per heavy atom. The minimum absolute atomic E-state index is 0.00757. The quantitative estimate of drug-likeness (QED) is 0.842. The molecule has 1 aliphatic heterocycles. The molecule has 5 nitrogen and oxygen atoms in total. The Balaban J connectivity index is 1.89. The molecule has 2 amide bonds. The van der Waals surface area contributed by atoms with Gasteiger partial charge in [0.2, 0.25) is 0 Å². The van der Waals surface area contributed by atoms with E-state index in [1.54, 1.807) is 0 Å². The van der Waals surface area contributed by atoms with Crippen LogP contribution in [0, 0.1) is 5.92 Å². The summed E-state index contributed by atoms with van der Waals surface area (Å²) < 4.78 is 6.04. The van der Waals surface area contributed by atoms with Gasteiger partial charge in [0, 0.05) is 19.7 Å². The number of hydrogen-bond acceptors (Lipinski definition) is 3. The zero-order chi connectivity index (χ0) is 16.5. The van der Waals surface area contributed by atoms with Crippen LogP contribution in [0.5, 0.6) is 0 Å². The summed E-state index contributed by atoms with van der Waals surface area (Å²) in [6.07, 6.45) is 4.79. The van der Waals surface area contributed by atoms with E-state index < -0.39 is 0 Å². The standard InChI is InChI=1S/C17H32N2O3/c1-16(2)10-14(17(3,4)22-16)18-15(21)19(5)13-8-6-12(11-20)7-9-13/h12-14,20H,6-11H2,1-5H3,(H,18,21). The highest BCUT2D eigenvalue weighted by molar-refractivity contribution is 5.74. The van der Waals surface area contributed by atoms with E-state index in [4.69, 9.17) is 4.74 Å². The lowest BCUT2D eigenvalue weighted by atomic mass is 9.86. The average Bonchev–Trinajstić information content (AvgIpc) is 2.65. The molecular weight excluding hydrogens is 280 g/mol. The zero-order valence-corrected chi connectivity index (χ0v) is 14.7. The predicted molar refractivity (Wildman–Crippen MR) is 86.8 cm³/mol. The Morgan fingerprint density at radius 1 is 1.23 bits per heavy atom. The number of aliphatic hydroxyl groups excluding tert-OH is 1. The molecule has 1 unspecified atom stereocenters. The molecule has 0 bridgehead atoms. The van der Waals surface area contributed by atoms with Crippen molar-refractivity contribution in [2.45, 2.75) is 83.1 Å². The fraction of sp³-hybridized carbons (Fsp3) is 0.941. The predicted octanol–water partition coefficient (Wildman–Crippen LogP) is 2.53. The van der Waals surface area contributed by atoms with E-state index in [1.165, 1.54) is 0 Å². The molecule has 1 saturated carbocycles. The summed E-state index contributed by atoms with van der Waals surface area (Å²) >= 11 is 0. The smallest absolute Gasteiger partial charge is 0.317 e. The van der Waals surface area contributed by atoms with Crippen LogP contribution in [0.3, 0.4) is 0 Å². The van der Waals surface area contributed by atoms with Crippen molar-refractivity contribution in [2.75, 3.05) is 13.7 Å². The average molecular weight is 312 g/mol.